The molecule has 234 valence electrons. The van der Waals surface area contributed by atoms with Crippen molar-refractivity contribution in [3.05, 3.63) is 58.7 Å². The number of carbonyl (C=O) groups excluding carboxylic acids is 2. The Bertz CT molecular complexity index is 1290. The molecule has 0 aromatic heterocycles. The lowest BCUT2D eigenvalue weighted by atomic mass is 9.94. The molecule has 2 aromatic rings. The topological polar surface area (TPSA) is 97.8 Å². The van der Waals surface area contributed by atoms with Crippen molar-refractivity contribution in [3.8, 4) is 17.2 Å². The van der Waals surface area contributed by atoms with Crippen LogP contribution in [0.15, 0.2) is 42.0 Å². The minimum absolute atomic E-state index is 0.0599. The van der Waals surface area contributed by atoms with E-state index in [0.717, 1.165) is 56.5 Å². The number of ketones is 1. The quantitative estimate of drug-likeness (QED) is 0.125. The minimum Gasteiger partial charge on any atom is -0.507 e. The average molecular weight is 595 g/mol. The first-order valence-electron chi connectivity index (χ1n) is 15.5. The van der Waals surface area contributed by atoms with Crippen molar-refractivity contribution >= 4 is 17.4 Å². The zero-order valence-corrected chi connectivity index (χ0v) is 26.0. The number of rotatable bonds is 15. The number of carbonyl (C=O) groups is 2. The van der Waals surface area contributed by atoms with Crippen molar-refractivity contribution in [1.82, 2.24) is 9.80 Å². The molecule has 1 atom stereocenters. The third kappa shape index (κ3) is 7.89. The number of aliphatic hydroxyl groups is 1. The molecule has 1 unspecified atom stereocenters. The van der Waals surface area contributed by atoms with Crippen LogP contribution in [0.25, 0.3) is 5.76 Å². The molecule has 0 saturated carbocycles. The van der Waals surface area contributed by atoms with E-state index in [1.165, 1.54) is 0 Å². The number of benzene rings is 2. The van der Waals surface area contributed by atoms with Crippen LogP contribution < -0.4 is 14.2 Å². The zero-order chi connectivity index (χ0) is 30.8. The van der Waals surface area contributed by atoms with E-state index in [9.17, 15) is 14.7 Å². The van der Waals surface area contributed by atoms with Gasteiger partial charge in [0, 0.05) is 31.7 Å². The number of nitrogens with zero attached hydrogens (tertiary/aromatic N) is 2. The van der Waals surface area contributed by atoms with Gasteiger partial charge in [0.2, 0.25) is 0 Å². The van der Waals surface area contributed by atoms with Gasteiger partial charge in [-0.15, -0.1) is 0 Å². The van der Waals surface area contributed by atoms with Crippen LogP contribution in [0.1, 0.15) is 68.7 Å². The van der Waals surface area contributed by atoms with Gasteiger partial charge in [0.05, 0.1) is 45.2 Å². The molecular formula is C34H46N2O7. The Morgan fingerprint density at radius 1 is 0.907 bits per heavy atom. The summed E-state index contributed by atoms with van der Waals surface area (Å²) in [5.74, 6) is 0.296. The third-order valence-electron chi connectivity index (χ3n) is 8.01. The number of aryl methyl sites for hydroxylation is 1. The first kappa shape index (κ1) is 32.4. The van der Waals surface area contributed by atoms with E-state index in [0.29, 0.717) is 62.1 Å². The van der Waals surface area contributed by atoms with E-state index in [4.69, 9.17) is 18.9 Å². The molecule has 1 N–H and O–H groups in total. The van der Waals surface area contributed by atoms with E-state index < -0.39 is 17.7 Å². The van der Waals surface area contributed by atoms with E-state index >= 15 is 0 Å². The summed E-state index contributed by atoms with van der Waals surface area (Å²) in [5.41, 5.74) is 2.02. The summed E-state index contributed by atoms with van der Waals surface area (Å²) in [6.45, 7) is 11.0. The van der Waals surface area contributed by atoms with Crippen LogP contribution in [0.4, 0.5) is 0 Å². The number of morpholine rings is 1. The minimum atomic E-state index is -0.787. The maximum Gasteiger partial charge on any atom is 0.295 e. The van der Waals surface area contributed by atoms with Crippen LogP contribution in [0.2, 0.25) is 0 Å². The Hall–Kier alpha value is -3.56. The molecule has 2 saturated heterocycles. The SMILES string of the molecule is CCCCCOc1ccc(C2/C(=C(\O)c3ccc(OCCCC)c(C)c3)C(=O)C(=O)N2CCN2CCOCC2)cc1OC. The van der Waals surface area contributed by atoms with Crippen molar-refractivity contribution < 1.29 is 33.6 Å². The number of likely N-dealkylation sites (tertiary alicyclic amines) is 1. The second-order valence-electron chi connectivity index (χ2n) is 11.1. The molecule has 4 rings (SSSR count). The van der Waals surface area contributed by atoms with E-state index in [1.54, 1.807) is 36.3 Å². The van der Waals surface area contributed by atoms with Crippen molar-refractivity contribution in [1.29, 1.82) is 0 Å². The van der Waals surface area contributed by atoms with E-state index in [1.807, 2.05) is 19.1 Å². The Morgan fingerprint density at radius 3 is 2.30 bits per heavy atom. The molecule has 0 spiro atoms. The summed E-state index contributed by atoms with van der Waals surface area (Å²) in [7, 11) is 1.57. The Labute approximate surface area is 255 Å². The first-order valence-corrected chi connectivity index (χ1v) is 15.5. The predicted octanol–water partition coefficient (Wildman–Crippen LogP) is 5.51. The fourth-order valence-corrected chi connectivity index (χ4v) is 5.48. The molecule has 9 heteroatoms. The number of aliphatic hydroxyl groups excluding tert-OH is 1. The molecule has 0 aliphatic carbocycles. The summed E-state index contributed by atoms with van der Waals surface area (Å²) in [4.78, 5) is 30.9. The highest BCUT2D eigenvalue weighted by Crippen LogP contribution is 2.42. The van der Waals surface area contributed by atoms with Crippen LogP contribution in [-0.4, -0.2) is 86.3 Å². The summed E-state index contributed by atoms with van der Waals surface area (Å²) in [6.07, 6.45) is 5.08. The van der Waals surface area contributed by atoms with Crippen molar-refractivity contribution in [3.63, 3.8) is 0 Å². The van der Waals surface area contributed by atoms with Crippen molar-refractivity contribution in [2.24, 2.45) is 0 Å². The van der Waals surface area contributed by atoms with Crippen LogP contribution in [0, 0.1) is 6.92 Å². The number of ether oxygens (including phenoxy) is 4. The molecule has 43 heavy (non-hydrogen) atoms. The summed E-state index contributed by atoms with van der Waals surface area (Å²) < 4.78 is 23.0. The number of Topliss-reactive ketones (excluding diaryl/α,β-unsaturated/α-hetero) is 1. The predicted molar refractivity (Wildman–Crippen MR) is 166 cm³/mol. The van der Waals surface area contributed by atoms with Crippen molar-refractivity contribution in [2.45, 2.75) is 58.9 Å². The maximum atomic E-state index is 13.6. The van der Waals surface area contributed by atoms with Gasteiger partial charge in [-0.05, 0) is 61.2 Å². The van der Waals surface area contributed by atoms with Gasteiger partial charge in [-0.2, -0.15) is 0 Å². The van der Waals surface area contributed by atoms with Gasteiger partial charge < -0.3 is 29.0 Å². The molecular weight excluding hydrogens is 548 g/mol. The highest BCUT2D eigenvalue weighted by Gasteiger charge is 2.46. The molecule has 9 nitrogen and oxygen atoms in total. The highest BCUT2D eigenvalue weighted by atomic mass is 16.5. The fraction of sp³-hybridized carbons (Fsp3) is 0.529. The Kier molecular flexibility index (Phi) is 11.9. The highest BCUT2D eigenvalue weighted by molar-refractivity contribution is 6.46. The second-order valence-corrected chi connectivity index (χ2v) is 11.1. The summed E-state index contributed by atoms with van der Waals surface area (Å²) in [6, 6.07) is 10.0. The van der Waals surface area contributed by atoms with Crippen LogP contribution in [-0.2, 0) is 14.3 Å². The lowest BCUT2D eigenvalue weighted by Gasteiger charge is -2.31. The molecule has 2 aliphatic rings. The number of hydrogen-bond acceptors (Lipinski definition) is 8. The zero-order valence-electron chi connectivity index (χ0n) is 26.0. The van der Waals surface area contributed by atoms with Gasteiger partial charge in [-0.3, -0.25) is 14.5 Å². The van der Waals surface area contributed by atoms with Crippen molar-refractivity contribution in [2.75, 3.05) is 59.7 Å². The Balaban J connectivity index is 1.71. The van der Waals surface area contributed by atoms with E-state index in [2.05, 4.69) is 18.7 Å². The van der Waals surface area contributed by atoms with Gasteiger partial charge in [0.15, 0.2) is 11.5 Å². The Morgan fingerprint density at radius 2 is 1.60 bits per heavy atom. The smallest absolute Gasteiger partial charge is 0.295 e. The second kappa shape index (κ2) is 15.8. The number of hydrogen-bond donors (Lipinski definition) is 1. The normalized spacial score (nSPS) is 18.7. The molecule has 2 heterocycles. The lowest BCUT2D eigenvalue weighted by molar-refractivity contribution is -0.140. The maximum absolute atomic E-state index is 13.6. The van der Waals surface area contributed by atoms with Gasteiger partial charge in [-0.1, -0.05) is 39.2 Å². The lowest BCUT2D eigenvalue weighted by Crippen LogP contribution is -2.42. The van der Waals surface area contributed by atoms with Gasteiger partial charge in [0.25, 0.3) is 11.7 Å². The molecule has 2 fully saturated rings. The standard InChI is InChI=1S/C34H46N2O7/c1-5-7-9-19-43-28-13-10-25(23-29(28)40-4)31-30(32(37)26-11-12-27(24(3)22-26)42-18-8-6-2)33(38)34(39)36(31)15-14-35-16-20-41-21-17-35/h10-13,22-23,31,37H,5-9,14-21H2,1-4H3/b32-30+. The molecule has 1 amide bonds. The number of amides is 1. The number of methoxy groups -OCH3 is 1. The van der Waals surface area contributed by atoms with Crippen LogP contribution in [0.3, 0.4) is 0 Å². The summed E-state index contributed by atoms with van der Waals surface area (Å²) >= 11 is 0. The van der Waals surface area contributed by atoms with Gasteiger partial charge in [-0.25, -0.2) is 0 Å². The molecule has 0 radical (unpaired) electrons. The largest absolute Gasteiger partial charge is 0.507 e. The third-order valence-corrected chi connectivity index (χ3v) is 8.01. The van der Waals surface area contributed by atoms with Crippen LogP contribution >= 0.6 is 0 Å². The molecule has 2 aromatic carbocycles. The number of unbranched alkanes of at least 4 members (excludes halogenated alkanes) is 3. The van der Waals surface area contributed by atoms with E-state index in [-0.39, 0.29) is 11.3 Å². The average Bonchev–Trinajstić information content (AvgIpc) is 3.28. The summed E-state index contributed by atoms with van der Waals surface area (Å²) in [5, 5.41) is 11.6. The molecule has 2 aliphatic heterocycles. The van der Waals surface area contributed by atoms with Gasteiger partial charge >= 0.3 is 0 Å². The monoisotopic (exact) mass is 594 g/mol. The van der Waals surface area contributed by atoms with Crippen LogP contribution in [0.5, 0.6) is 17.2 Å². The van der Waals surface area contributed by atoms with Gasteiger partial charge in [0.1, 0.15) is 11.5 Å². The fourth-order valence-electron chi connectivity index (χ4n) is 5.48. The first-order chi connectivity index (χ1) is 20.9. The molecule has 0 bridgehead atoms.